The van der Waals surface area contributed by atoms with Crippen molar-refractivity contribution >= 4 is 40.1 Å². The Bertz CT molecular complexity index is 1300. The highest BCUT2D eigenvalue weighted by molar-refractivity contribution is 8.15. The molecule has 2 heterocycles. The van der Waals surface area contributed by atoms with E-state index in [2.05, 4.69) is 41.5 Å². The van der Waals surface area contributed by atoms with E-state index in [9.17, 15) is 9.59 Å². The summed E-state index contributed by atoms with van der Waals surface area (Å²) in [6, 6.07) is 26.0. The van der Waals surface area contributed by atoms with Gasteiger partial charge in [-0.2, -0.15) is 10.1 Å². The highest BCUT2D eigenvalue weighted by atomic mass is 32.2. The van der Waals surface area contributed by atoms with Gasteiger partial charge in [-0.25, -0.2) is 5.01 Å². The second-order valence-corrected chi connectivity index (χ2v) is 10.0. The van der Waals surface area contributed by atoms with Crippen molar-refractivity contribution in [3.63, 3.8) is 0 Å². The maximum Gasteiger partial charge on any atom is 0.262 e. The van der Waals surface area contributed by atoms with E-state index in [1.54, 1.807) is 0 Å². The van der Waals surface area contributed by atoms with Crippen LogP contribution in [0.4, 0.5) is 5.69 Å². The SMILES string of the molecule is Cc1ccc(NC(=O)CC2SC(N3N=C(c4ccccc4)CC3c3ccc(C)cc3)=NC2=O)cc1. The zero-order valence-corrected chi connectivity index (χ0v) is 20.5. The highest BCUT2D eigenvalue weighted by Gasteiger charge is 2.39. The van der Waals surface area contributed by atoms with Gasteiger partial charge in [0.1, 0.15) is 5.25 Å². The lowest BCUT2D eigenvalue weighted by Gasteiger charge is -2.23. The fourth-order valence-electron chi connectivity index (χ4n) is 4.16. The Labute approximate surface area is 209 Å². The van der Waals surface area contributed by atoms with Crippen molar-refractivity contribution in [1.82, 2.24) is 5.01 Å². The largest absolute Gasteiger partial charge is 0.326 e. The first kappa shape index (κ1) is 23.1. The lowest BCUT2D eigenvalue weighted by atomic mass is 9.98. The maximum atomic E-state index is 12.7. The van der Waals surface area contributed by atoms with Gasteiger partial charge in [0.2, 0.25) is 5.91 Å². The molecule has 0 saturated carbocycles. The molecule has 2 atom stereocenters. The van der Waals surface area contributed by atoms with E-state index in [1.165, 1.54) is 17.3 Å². The first-order valence-electron chi connectivity index (χ1n) is 11.6. The van der Waals surface area contributed by atoms with Gasteiger partial charge in [0.15, 0.2) is 5.17 Å². The van der Waals surface area contributed by atoms with E-state index in [0.29, 0.717) is 17.3 Å². The van der Waals surface area contributed by atoms with Gasteiger partial charge in [0.25, 0.3) is 5.91 Å². The van der Waals surface area contributed by atoms with Crippen LogP contribution >= 0.6 is 11.8 Å². The summed E-state index contributed by atoms with van der Waals surface area (Å²) in [6.45, 7) is 4.05. The second-order valence-electron chi connectivity index (χ2n) is 8.85. The molecule has 0 radical (unpaired) electrons. The maximum absolute atomic E-state index is 12.7. The molecule has 0 saturated heterocycles. The molecular formula is C28H26N4O2S. The number of anilines is 1. The molecule has 3 aromatic rings. The predicted molar refractivity (Wildman–Crippen MR) is 142 cm³/mol. The fraction of sp³-hybridized carbons (Fsp3) is 0.214. The molecule has 7 heteroatoms. The molecule has 1 N–H and O–H groups in total. The number of carbonyl (C=O) groups excluding carboxylic acids is 2. The quantitative estimate of drug-likeness (QED) is 0.523. The summed E-state index contributed by atoms with van der Waals surface area (Å²) in [4.78, 5) is 29.7. The normalized spacial score (nSPS) is 19.5. The van der Waals surface area contributed by atoms with Crippen LogP contribution in [0.1, 0.15) is 41.1 Å². The van der Waals surface area contributed by atoms with Crippen molar-refractivity contribution in [2.45, 2.75) is 38.0 Å². The fourth-order valence-corrected chi connectivity index (χ4v) is 5.22. The number of carbonyl (C=O) groups is 2. The molecule has 2 aliphatic rings. The van der Waals surface area contributed by atoms with Crippen LogP contribution in [-0.2, 0) is 9.59 Å². The van der Waals surface area contributed by atoms with Gasteiger partial charge in [0.05, 0.1) is 11.8 Å². The third-order valence-corrected chi connectivity index (χ3v) is 7.25. The van der Waals surface area contributed by atoms with Gasteiger partial charge < -0.3 is 5.32 Å². The van der Waals surface area contributed by atoms with Crippen LogP contribution in [0, 0.1) is 13.8 Å². The number of amidine groups is 1. The first-order valence-corrected chi connectivity index (χ1v) is 12.5. The van der Waals surface area contributed by atoms with Gasteiger partial charge in [-0.3, -0.25) is 9.59 Å². The number of benzene rings is 3. The summed E-state index contributed by atoms with van der Waals surface area (Å²) in [5.41, 5.74) is 6.13. The van der Waals surface area contributed by atoms with Gasteiger partial charge >= 0.3 is 0 Å². The Hall–Kier alpha value is -3.71. The van der Waals surface area contributed by atoms with Crippen LogP contribution < -0.4 is 5.32 Å². The molecule has 2 aliphatic heterocycles. The molecule has 35 heavy (non-hydrogen) atoms. The Kier molecular flexibility index (Phi) is 6.51. The van der Waals surface area contributed by atoms with Crippen LogP contribution in [0.25, 0.3) is 0 Å². The van der Waals surface area contributed by atoms with E-state index in [4.69, 9.17) is 5.10 Å². The number of amides is 2. The molecule has 0 fully saturated rings. The van der Waals surface area contributed by atoms with Crippen LogP contribution in [0.15, 0.2) is 89.0 Å². The number of aliphatic imine (C=N–C) groups is 1. The molecule has 3 aromatic carbocycles. The predicted octanol–water partition coefficient (Wildman–Crippen LogP) is 5.48. The zero-order chi connectivity index (χ0) is 24.4. The minimum absolute atomic E-state index is 0.0582. The molecule has 2 unspecified atom stereocenters. The van der Waals surface area contributed by atoms with Crippen LogP contribution in [-0.4, -0.2) is 33.0 Å². The smallest absolute Gasteiger partial charge is 0.262 e. The van der Waals surface area contributed by atoms with Gasteiger partial charge in [-0.15, -0.1) is 0 Å². The van der Waals surface area contributed by atoms with Crippen LogP contribution in [0.3, 0.4) is 0 Å². The number of nitrogens with zero attached hydrogens (tertiary/aromatic N) is 3. The topological polar surface area (TPSA) is 74.1 Å². The first-order chi connectivity index (χ1) is 17.0. The Balaban J connectivity index is 1.34. The molecule has 5 rings (SSSR count). The number of aryl methyl sites for hydroxylation is 2. The lowest BCUT2D eigenvalue weighted by molar-refractivity contribution is -0.121. The van der Waals surface area contributed by atoms with Crippen LogP contribution in [0.5, 0.6) is 0 Å². The molecule has 176 valence electrons. The number of hydrogen-bond acceptors (Lipinski definition) is 5. The van der Waals surface area contributed by atoms with Crippen molar-refractivity contribution in [3.05, 3.63) is 101 Å². The highest BCUT2D eigenvalue weighted by Crippen LogP contribution is 2.38. The third-order valence-electron chi connectivity index (χ3n) is 6.11. The van der Waals surface area contributed by atoms with Gasteiger partial charge in [-0.1, -0.05) is 89.6 Å². The molecule has 0 aliphatic carbocycles. The second kappa shape index (κ2) is 9.88. The summed E-state index contributed by atoms with van der Waals surface area (Å²) in [5, 5.41) is 9.59. The van der Waals surface area contributed by atoms with Crippen LogP contribution in [0.2, 0.25) is 0 Å². The van der Waals surface area contributed by atoms with E-state index >= 15 is 0 Å². The summed E-state index contributed by atoms with van der Waals surface area (Å²) in [5.74, 6) is -0.504. The molecule has 0 bridgehead atoms. The summed E-state index contributed by atoms with van der Waals surface area (Å²) >= 11 is 1.31. The van der Waals surface area contributed by atoms with Gasteiger partial charge in [-0.05, 0) is 37.1 Å². The van der Waals surface area contributed by atoms with Crippen molar-refractivity contribution in [2.75, 3.05) is 5.32 Å². The Morgan fingerprint density at radius 3 is 2.31 bits per heavy atom. The van der Waals surface area contributed by atoms with Crippen molar-refractivity contribution in [3.8, 4) is 0 Å². The third kappa shape index (κ3) is 5.20. The summed E-state index contributed by atoms with van der Waals surface area (Å²) in [6.07, 6.45) is 0.766. The number of nitrogens with one attached hydrogen (secondary N) is 1. The molecule has 2 amide bonds. The van der Waals surface area contributed by atoms with Crippen molar-refractivity contribution in [1.29, 1.82) is 0 Å². The summed E-state index contributed by atoms with van der Waals surface area (Å²) < 4.78 is 0. The van der Waals surface area contributed by atoms with Crippen molar-refractivity contribution in [2.24, 2.45) is 10.1 Å². The standard InChI is InChI=1S/C28H26N4O2S/c1-18-8-12-21(13-9-18)24-16-23(20-6-4-3-5-7-20)31-32(24)28-30-27(34)25(35-28)17-26(33)29-22-14-10-19(2)11-15-22/h3-15,24-25H,16-17H2,1-2H3,(H,29,33). The average molecular weight is 483 g/mol. The molecular weight excluding hydrogens is 456 g/mol. The monoisotopic (exact) mass is 482 g/mol. The number of hydrogen-bond donors (Lipinski definition) is 1. The number of thioether (sulfide) groups is 1. The van der Waals surface area contributed by atoms with E-state index in [0.717, 1.165) is 22.4 Å². The summed E-state index contributed by atoms with van der Waals surface area (Å²) in [7, 11) is 0. The van der Waals surface area contributed by atoms with Gasteiger partial charge in [0, 0.05) is 18.5 Å². The Morgan fingerprint density at radius 1 is 0.971 bits per heavy atom. The number of rotatable bonds is 5. The molecule has 6 nitrogen and oxygen atoms in total. The molecule has 0 spiro atoms. The molecule has 0 aromatic heterocycles. The van der Waals surface area contributed by atoms with E-state index < -0.39 is 5.25 Å². The minimum Gasteiger partial charge on any atom is -0.326 e. The number of hydrazone groups is 1. The van der Waals surface area contributed by atoms with E-state index in [1.807, 2.05) is 66.5 Å². The average Bonchev–Trinajstić information content (AvgIpc) is 3.46. The van der Waals surface area contributed by atoms with Crippen molar-refractivity contribution < 1.29 is 9.59 Å². The minimum atomic E-state index is -0.565. The van der Waals surface area contributed by atoms with E-state index in [-0.39, 0.29) is 24.3 Å². The lowest BCUT2D eigenvalue weighted by Crippen LogP contribution is -2.25. The Morgan fingerprint density at radius 2 is 1.63 bits per heavy atom. The zero-order valence-electron chi connectivity index (χ0n) is 19.6.